The van der Waals surface area contributed by atoms with Gasteiger partial charge in [-0.1, -0.05) is 31.9 Å². The lowest BCUT2D eigenvalue weighted by molar-refractivity contribution is -0.152. The molecule has 0 aliphatic carbocycles. The fourth-order valence-electron chi connectivity index (χ4n) is 3.77. The molecule has 2 N–H and O–H groups in total. The van der Waals surface area contributed by atoms with Crippen LogP contribution >= 0.6 is 39.6 Å². The molecule has 4 unspecified atom stereocenters. The number of nitrogens with one attached hydrogen (secondary N) is 2. The van der Waals surface area contributed by atoms with Crippen molar-refractivity contribution in [3.63, 3.8) is 0 Å². The first-order chi connectivity index (χ1) is 16.9. The molecule has 2 fully saturated rings. The van der Waals surface area contributed by atoms with Crippen LogP contribution in [0.2, 0.25) is 0 Å². The number of urea groups is 1. The highest BCUT2D eigenvalue weighted by atomic mass is 79.9. The Labute approximate surface area is 225 Å². The van der Waals surface area contributed by atoms with Crippen molar-refractivity contribution < 1.29 is 42.2 Å². The summed E-state index contributed by atoms with van der Waals surface area (Å²) in [6, 6.07) is 4.95. The molecule has 6 atom stereocenters. The van der Waals surface area contributed by atoms with Gasteiger partial charge in [-0.25, -0.2) is 9.36 Å². The Balaban J connectivity index is 1.69. The van der Waals surface area contributed by atoms with Gasteiger partial charge >= 0.3 is 19.7 Å². The number of methoxy groups -OCH3 is 2. The van der Waals surface area contributed by atoms with Crippen LogP contribution in [-0.4, -0.2) is 72.6 Å². The summed E-state index contributed by atoms with van der Waals surface area (Å²) in [6.07, 6.45) is -1.32. The van der Waals surface area contributed by atoms with Gasteiger partial charge in [0.2, 0.25) is 5.91 Å². The molecule has 0 saturated carbocycles. The highest BCUT2D eigenvalue weighted by molar-refractivity contribution is 9.10. The van der Waals surface area contributed by atoms with Crippen LogP contribution in [0.4, 0.5) is 4.79 Å². The number of alkyl halides is 1. The number of carbonyl (C=O) groups is 3. The fraction of sp³-hybridized carbons (Fsp3) is 0.571. The lowest BCUT2D eigenvalue weighted by Gasteiger charge is -2.44. The topological polar surface area (TPSA) is 142 Å². The molecule has 12 nitrogen and oxygen atoms in total. The Kier molecular flexibility index (Phi) is 9.58. The van der Waals surface area contributed by atoms with Gasteiger partial charge < -0.3 is 18.7 Å². The zero-order valence-electron chi connectivity index (χ0n) is 20.1. The van der Waals surface area contributed by atoms with Crippen molar-refractivity contribution in [2.24, 2.45) is 0 Å². The monoisotopic (exact) mass is 655 g/mol. The van der Waals surface area contributed by atoms with E-state index in [1.165, 1.54) is 26.0 Å². The van der Waals surface area contributed by atoms with E-state index in [0.717, 1.165) is 4.47 Å². The Morgan fingerprint density at radius 2 is 1.97 bits per heavy atom. The van der Waals surface area contributed by atoms with Crippen molar-refractivity contribution in [3.05, 3.63) is 28.7 Å². The standard InChI is InChI=1S/C21H28Br2N3O9P/c1-12(17(27)31-3)25-36(30,35-14-7-5-13(22)6-8-14)33-11-15-9-10-16(34-15)26-19(32-4)21(2,23)18(28)24-20(26)29/h5-8,12,15-16,19H,9-11H2,1-4H3,(H,25,30)(H,24,28,29)/t12?,15-,16+,19?,21?,36?/m0/s1. The van der Waals surface area contributed by atoms with Crippen LogP contribution in [0.15, 0.2) is 28.7 Å². The molecule has 36 heavy (non-hydrogen) atoms. The number of carbonyl (C=O) groups excluding carboxylic acids is 3. The minimum atomic E-state index is -4.06. The number of rotatable bonds is 10. The third-order valence-electron chi connectivity index (χ3n) is 5.61. The zero-order valence-corrected chi connectivity index (χ0v) is 24.1. The van der Waals surface area contributed by atoms with Gasteiger partial charge in [0.15, 0.2) is 6.23 Å². The summed E-state index contributed by atoms with van der Waals surface area (Å²) < 4.78 is 40.5. The first-order valence-electron chi connectivity index (χ1n) is 11.0. The third kappa shape index (κ3) is 6.66. The Bertz CT molecular complexity index is 1030. The maximum absolute atomic E-state index is 13.5. The minimum Gasteiger partial charge on any atom is -0.468 e. The molecule has 2 aliphatic rings. The van der Waals surface area contributed by atoms with Crippen LogP contribution in [0.1, 0.15) is 26.7 Å². The minimum absolute atomic E-state index is 0.164. The molecule has 3 rings (SSSR count). The molecular weight excluding hydrogens is 629 g/mol. The summed E-state index contributed by atoms with van der Waals surface area (Å²) in [7, 11) is -1.46. The van der Waals surface area contributed by atoms with E-state index in [2.05, 4.69) is 42.3 Å². The molecule has 0 aromatic heterocycles. The van der Waals surface area contributed by atoms with Crippen molar-refractivity contribution >= 4 is 57.5 Å². The van der Waals surface area contributed by atoms with E-state index in [0.29, 0.717) is 12.8 Å². The van der Waals surface area contributed by atoms with Gasteiger partial charge in [-0.3, -0.25) is 24.3 Å². The predicted molar refractivity (Wildman–Crippen MR) is 134 cm³/mol. The summed E-state index contributed by atoms with van der Waals surface area (Å²) in [6.45, 7) is 2.89. The number of hydrogen-bond donors (Lipinski definition) is 2. The van der Waals surface area contributed by atoms with Crippen molar-refractivity contribution in [1.29, 1.82) is 0 Å². The van der Waals surface area contributed by atoms with Crippen LogP contribution in [-0.2, 0) is 32.9 Å². The number of esters is 1. The maximum atomic E-state index is 13.5. The van der Waals surface area contributed by atoms with E-state index in [-0.39, 0.29) is 12.4 Å². The van der Waals surface area contributed by atoms with Crippen LogP contribution in [0, 0.1) is 0 Å². The molecule has 1 aromatic carbocycles. The van der Waals surface area contributed by atoms with Gasteiger partial charge in [0.05, 0.1) is 19.8 Å². The molecule has 15 heteroatoms. The highest BCUT2D eigenvalue weighted by Crippen LogP contribution is 2.46. The summed E-state index contributed by atoms with van der Waals surface area (Å²) in [4.78, 5) is 38.0. The van der Waals surface area contributed by atoms with Crippen LogP contribution in [0.5, 0.6) is 5.75 Å². The van der Waals surface area contributed by atoms with Gasteiger partial charge in [-0.2, -0.15) is 5.09 Å². The molecule has 2 saturated heterocycles. The summed E-state index contributed by atoms with van der Waals surface area (Å²) >= 11 is 6.65. The van der Waals surface area contributed by atoms with Crippen LogP contribution in [0.3, 0.4) is 0 Å². The van der Waals surface area contributed by atoms with Crippen LogP contribution < -0.4 is 14.9 Å². The molecule has 3 amide bonds. The van der Waals surface area contributed by atoms with Gasteiger partial charge in [-0.05, 0) is 51.0 Å². The van der Waals surface area contributed by atoms with Crippen molar-refractivity contribution in [1.82, 2.24) is 15.3 Å². The van der Waals surface area contributed by atoms with E-state index >= 15 is 0 Å². The third-order valence-corrected chi connectivity index (χ3v) is 8.53. The molecule has 0 bridgehead atoms. The maximum Gasteiger partial charge on any atom is 0.459 e. The lowest BCUT2D eigenvalue weighted by Crippen LogP contribution is -2.69. The van der Waals surface area contributed by atoms with E-state index in [9.17, 15) is 18.9 Å². The van der Waals surface area contributed by atoms with Gasteiger partial charge in [0, 0.05) is 11.6 Å². The smallest absolute Gasteiger partial charge is 0.459 e. The van der Waals surface area contributed by atoms with E-state index in [1.807, 2.05) is 0 Å². The number of ether oxygens (including phenoxy) is 3. The molecule has 2 heterocycles. The highest BCUT2D eigenvalue weighted by Gasteiger charge is 2.53. The Morgan fingerprint density at radius 1 is 1.31 bits per heavy atom. The van der Waals surface area contributed by atoms with E-state index in [1.54, 1.807) is 31.2 Å². The number of nitrogens with zero attached hydrogens (tertiary/aromatic N) is 1. The molecule has 2 aliphatic heterocycles. The molecule has 1 aromatic rings. The van der Waals surface area contributed by atoms with Crippen molar-refractivity contribution in [2.45, 2.75) is 55.6 Å². The number of benzene rings is 1. The molecular formula is C21H28Br2N3O9P. The predicted octanol–water partition coefficient (Wildman–Crippen LogP) is 3.29. The quantitative estimate of drug-likeness (QED) is 0.219. The normalized spacial score (nSPS) is 28.8. The first kappa shape index (κ1) is 29.0. The first-order valence-corrected chi connectivity index (χ1v) is 14.1. The Hall–Kier alpha value is -1.54. The SMILES string of the molecule is COC(=O)C(C)NP(=O)(OC[C@@H]1CC[C@H](N2C(=O)NC(=O)C(C)(Br)C2OC)O1)Oc1ccc(Br)cc1. The number of halogens is 2. The molecule has 0 spiro atoms. The second-order valence-electron chi connectivity index (χ2n) is 8.33. The average molecular weight is 657 g/mol. The number of hydrogen-bond acceptors (Lipinski definition) is 9. The summed E-state index contributed by atoms with van der Waals surface area (Å²) in [5, 5.41) is 4.86. The zero-order chi connectivity index (χ0) is 26.7. The van der Waals surface area contributed by atoms with Gasteiger partial charge in [0.25, 0.3) is 0 Å². The van der Waals surface area contributed by atoms with Crippen molar-refractivity contribution in [3.8, 4) is 5.75 Å². The second-order valence-corrected chi connectivity index (χ2v) is 12.6. The number of amides is 3. The largest absolute Gasteiger partial charge is 0.468 e. The molecule has 200 valence electrons. The fourth-order valence-corrected chi connectivity index (χ4v) is 6.06. The second kappa shape index (κ2) is 11.9. The number of imide groups is 1. The Morgan fingerprint density at radius 3 is 2.58 bits per heavy atom. The average Bonchev–Trinajstić information content (AvgIpc) is 3.29. The summed E-state index contributed by atoms with van der Waals surface area (Å²) in [5.41, 5.74) is 0. The van der Waals surface area contributed by atoms with Crippen LogP contribution in [0.25, 0.3) is 0 Å². The van der Waals surface area contributed by atoms with Gasteiger partial charge in [-0.15, -0.1) is 0 Å². The molecule has 0 radical (unpaired) electrons. The van der Waals surface area contributed by atoms with E-state index in [4.69, 9.17) is 23.3 Å². The summed E-state index contributed by atoms with van der Waals surface area (Å²) in [5.74, 6) is -0.916. The lowest BCUT2D eigenvalue weighted by atomic mass is 10.1. The van der Waals surface area contributed by atoms with E-state index < -0.39 is 54.6 Å². The van der Waals surface area contributed by atoms with Gasteiger partial charge in [0.1, 0.15) is 22.3 Å². The van der Waals surface area contributed by atoms with Crippen molar-refractivity contribution in [2.75, 3.05) is 20.8 Å².